The van der Waals surface area contributed by atoms with E-state index in [-0.39, 0.29) is 12.3 Å². The van der Waals surface area contributed by atoms with E-state index in [1.165, 1.54) is 6.92 Å². The first-order valence-corrected chi connectivity index (χ1v) is 9.16. The third-order valence-electron chi connectivity index (χ3n) is 4.32. The Morgan fingerprint density at radius 2 is 1.59 bits per heavy atom. The van der Waals surface area contributed by atoms with Crippen LogP contribution in [0.1, 0.15) is 40.0 Å². The molecule has 0 spiro atoms. The van der Waals surface area contributed by atoms with Crippen molar-refractivity contribution in [1.82, 2.24) is 16.0 Å². The number of aliphatic hydroxyl groups excluding tert-OH is 1. The van der Waals surface area contributed by atoms with E-state index in [1.54, 1.807) is 13.8 Å². The van der Waals surface area contributed by atoms with E-state index in [4.69, 9.17) is 15.9 Å². The molecule has 5 atom stereocenters. The van der Waals surface area contributed by atoms with Gasteiger partial charge in [-0.1, -0.05) is 20.3 Å². The number of aliphatic carboxylic acids is 2. The minimum Gasteiger partial charge on any atom is -0.481 e. The van der Waals surface area contributed by atoms with Crippen LogP contribution in [-0.4, -0.2) is 75.8 Å². The number of nitrogens with two attached hydrogens (primary N) is 1. The van der Waals surface area contributed by atoms with Crippen molar-refractivity contribution in [1.29, 1.82) is 0 Å². The first kappa shape index (κ1) is 26.3. The number of hydrogen-bond donors (Lipinski definition) is 7. The first-order valence-electron chi connectivity index (χ1n) is 9.16. The molecule has 0 aromatic carbocycles. The molecule has 12 heteroatoms. The van der Waals surface area contributed by atoms with Gasteiger partial charge in [-0.15, -0.1) is 0 Å². The molecular weight excluding hydrogens is 388 g/mol. The molecule has 166 valence electrons. The molecule has 0 saturated carbocycles. The van der Waals surface area contributed by atoms with Crippen LogP contribution in [-0.2, 0) is 24.0 Å². The van der Waals surface area contributed by atoms with Gasteiger partial charge < -0.3 is 37.0 Å². The van der Waals surface area contributed by atoms with Crippen LogP contribution in [0.3, 0.4) is 0 Å². The highest BCUT2D eigenvalue weighted by Crippen LogP contribution is 2.07. The van der Waals surface area contributed by atoms with Crippen LogP contribution in [0, 0.1) is 5.92 Å². The number of rotatable bonds is 13. The van der Waals surface area contributed by atoms with Crippen LogP contribution in [0.2, 0.25) is 0 Å². The van der Waals surface area contributed by atoms with Crippen molar-refractivity contribution in [2.75, 3.05) is 6.54 Å². The van der Waals surface area contributed by atoms with Crippen molar-refractivity contribution in [3.63, 3.8) is 0 Å². The van der Waals surface area contributed by atoms with Gasteiger partial charge in [0.05, 0.1) is 12.6 Å². The number of carbonyl (C=O) groups excluding carboxylic acids is 3. The molecule has 0 rings (SSSR count). The van der Waals surface area contributed by atoms with Gasteiger partial charge >= 0.3 is 11.9 Å². The van der Waals surface area contributed by atoms with Crippen LogP contribution < -0.4 is 21.7 Å². The highest BCUT2D eigenvalue weighted by molar-refractivity contribution is 5.93. The quantitative estimate of drug-likeness (QED) is 0.172. The van der Waals surface area contributed by atoms with Gasteiger partial charge in [0.1, 0.15) is 18.1 Å². The monoisotopic (exact) mass is 418 g/mol. The molecule has 0 heterocycles. The number of nitrogens with one attached hydrogen (secondary N) is 3. The Morgan fingerprint density at radius 1 is 1.00 bits per heavy atom. The third-order valence-corrected chi connectivity index (χ3v) is 4.32. The molecule has 0 bridgehead atoms. The summed E-state index contributed by atoms with van der Waals surface area (Å²) in [6, 6.07) is -3.76. The van der Waals surface area contributed by atoms with Crippen molar-refractivity contribution in [2.45, 2.75) is 64.3 Å². The van der Waals surface area contributed by atoms with Gasteiger partial charge in [-0.3, -0.25) is 19.2 Å². The summed E-state index contributed by atoms with van der Waals surface area (Å²) in [5, 5.41) is 34.1. The number of amides is 3. The van der Waals surface area contributed by atoms with Gasteiger partial charge in [0.25, 0.3) is 0 Å². The average molecular weight is 418 g/mol. The van der Waals surface area contributed by atoms with E-state index < -0.39 is 66.9 Å². The van der Waals surface area contributed by atoms with Gasteiger partial charge in [-0.25, -0.2) is 4.79 Å². The molecule has 8 N–H and O–H groups in total. The lowest BCUT2D eigenvalue weighted by Crippen LogP contribution is -2.55. The normalized spacial score (nSPS) is 15.9. The SMILES string of the molecule is CCC(C)C(NC(=O)CNC(=O)C(CCC(=O)O)NC(=O)C(N)C(C)O)C(=O)O. The maximum atomic E-state index is 12.3. The molecule has 0 aromatic rings. The molecule has 12 nitrogen and oxygen atoms in total. The van der Waals surface area contributed by atoms with Crippen molar-refractivity contribution < 1.29 is 39.3 Å². The molecule has 0 saturated heterocycles. The standard InChI is InChI=1S/C17H30N4O8/c1-4-8(2)14(17(28)29)21-11(23)7-19-15(26)10(5-6-12(24)25)20-16(27)13(18)9(3)22/h8-10,13-14,22H,4-7,18H2,1-3H3,(H,19,26)(H,20,27)(H,21,23)(H,24,25)(H,28,29). The van der Waals surface area contributed by atoms with E-state index in [2.05, 4.69) is 16.0 Å². The second kappa shape index (κ2) is 12.7. The largest absolute Gasteiger partial charge is 0.481 e. The Balaban J connectivity index is 4.94. The number of aliphatic hydroxyl groups is 1. The van der Waals surface area contributed by atoms with Crippen molar-refractivity contribution in [3.8, 4) is 0 Å². The predicted octanol–water partition coefficient (Wildman–Crippen LogP) is -2.22. The smallest absolute Gasteiger partial charge is 0.326 e. The predicted molar refractivity (Wildman–Crippen MR) is 100 cm³/mol. The summed E-state index contributed by atoms with van der Waals surface area (Å²) >= 11 is 0. The Kier molecular flexibility index (Phi) is 11.5. The number of carboxylic acid groups (broad SMARTS) is 2. The summed E-state index contributed by atoms with van der Waals surface area (Å²) < 4.78 is 0. The van der Waals surface area contributed by atoms with E-state index in [0.717, 1.165) is 0 Å². The zero-order chi connectivity index (χ0) is 22.7. The molecule has 29 heavy (non-hydrogen) atoms. The Morgan fingerprint density at radius 3 is 2.03 bits per heavy atom. The average Bonchev–Trinajstić information content (AvgIpc) is 2.65. The van der Waals surface area contributed by atoms with Crippen LogP contribution in [0.5, 0.6) is 0 Å². The molecule has 5 unspecified atom stereocenters. The summed E-state index contributed by atoms with van der Waals surface area (Å²) in [5.74, 6) is -5.21. The van der Waals surface area contributed by atoms with Gasteiger partial charge in [-0.2, -0.15) is 0 Å². The molecule has 0 aliphatic heterocycles. The van der Waals surface area contributed by atoms with Crippen LogP contribution in [0.15, 0.2) is 0 Å². The lowest BCUT2D eigenvalue weighted by atomic mass is 9.99. The fourth-order valence-electron chi connectivity index (χ4n) is 2.22. The molecule has 0 fully saturated rings. The lowest BCUT2D eigenvalue weighted by Gasteiger charge is -2.22. The van der Waals surface area contributed by atoms with Gasteiger partial charge in [-0.05, 0) is 19.3 Å². The minimum atomic E-state index is -1.33. The maximum Gasteiger partial charge on any atom is 0.326 e. The summed E-state index contributed by atoms with van der Waals surface area (Å²) in [6.45, 7) is 4.13. The topological polar surface area (TPSA) is 208 Å². The van der Waals surface area contributed by atoms with Crippen molar-refractivity contribution in [3.05, 3.63) is 0 Å². The van der Waals surface area contributed by atoms with Gasteiger partial charge in [0.15, 0.2) is 0 Å². The van der Waals surface area contributed by atoms with Crippen molar-refractivity contribution >= 4 is 29.7 Å². The summed E-state index contributed by atoms with van der Waals surface area (Å²) in [4.78, 5) is 58.2. The second-order valence-electron chi connectivity index (χ2n) is 6.75. The number of hydrogen-bond acceptors (Lipinski definition) is 7. The Labute approximate surface area is 168 Å². The zero-order valence-electron chi connectivity index (χ0n) is 16.7. The molecule has 0 radical (unpaired) electrons. The van der Waals surface area contributed by atoms with E-state index in [0.29, 0.717) is 6.42 Å². The second-order valence-corrected chi connectivity index (χ2v) is 6.75. The van der Waals surface area contributed by atoms with E-state index in [1.807, 2.05) is 0 Å². The fraction of sp³-hybridized carbons (Fsp3) is 0.706. The Bertz CT molecular complexity index is 610. The maximum absolute atomic E-state index is 12.3. The lowest BCUT2D eigenvalue weighted by molar-refractivity contribution is -0.143. The highest BCUT2D eigenvalue weighted by Gasteiger charge is 2.28. The fourth-order valence-corrected chi connectivity index (χ4v) is 2.22. The molecule has 0 aromatic heterocycles. The van der Waals surface area contributed by atoms with Gasteiger partial charge in [0, 0.05) is 6.42 Å². The molecule has 0 aliphatic rings. The summed E-state index contributed by atoms with van der Waals surface area (Å²) in [7, 11) is 0. The van der Waals surface area contributed by atoms with Crippen LogP contribution in [0.25, 0.3) is 0 Å². The minimum absolute atomic E-state index is 0.272. The third kappa shape index (κ3) is 9.85. The van der Waals surface area contributed by atoms with Crippen LogP contribution in [0.4, 0.5) is 0 Å². The number of carbonyl (C=O) groups is 5. The Hall–Kier alpha value is -2.73. The number of carboxylic acids is 2. The highest BCUT2D eigenvalue weighted by atomic mass is 16.4. The van der Waals surface area contributed by atoms with E-state index >= 15 is 0 Å². The van der Waals surface area contributed by atoms with Crippen LogP contribution >= 0.6 is 0 Å². The molecule has 3 amide bonds. The molecular formula is C17H30N4O8. The molecule has 0 aliphatic carbocycles. The van der Waals surface area contributed by atoms with Gasteiger partial charge in [0.2, 0.25) is 17.7 Å². The first-order chi connectivity index (χ1) is 13.4. The zero-order valence-corrected chi connectivity index (χ0v) is 16.7. The van der Waals surface area contributed by atoms with E-state index in [9.17, 15) is 29.1 Å². The summed E-state index contributed by atoms with van der Waals surface area (Å²) in [6.07, 6.45) is -1.40. The summed E-state index contributed by atoms with van der Waals surface area (Å²) in [5.41, 5.74) is 5.48. The van der Waals surface area contributed by atoms with Crippen molar-refractivity contribution in [2.24, 2.45) is 11.7 Å².